The molecule has 6 heteroatoms. The van der Waals surface area contributed by atoms with Gasteiger partial charge >= 0.3 is 0 Å². The number of nitrogens with one attached hydrogen (secondary N) is 1. The number of ether oxygens (including phenoxy) is 1. The SMILES string of the molecule is CC(C)n1cc(OCCC(=O)N2CCNCC2)cn1. The zero-order chi connectivity index (χ0) is 13.7. The number of piperazine rings is 1. The van der Waals surface area contributed by atoms with Crippen LogP contribution in [0.25, 0.3) is 0 Å². The van der Waals surface area contributed by atoms with Gasteiger partial charge in [0.25, 0.3) is 0 Å². The Balaban J connectivity index is 1.71. The van der Waals surface area contributed by atoms with Crippen LogP contribution in [0.3, 0.4) is 0 Å². The molecule has 2 rings (SSSR count). The standard InChI is InChI=1S/C13H22N4O2/c1-11(2)17-10-12(9-15-17)19-8-3-13(18)16-6-4-14-5-7-16/h9-11,14H,3-8H2,1-2H3. The van der Waals surface area contributed by atoms with Gasteiger partial charge in [-0.05, 0) is 13.8 Å². The van der Waals surface area contributed by atoms with Gasteiger partial charge in [-0.3, -0.25) is 9.48 Å². The van der Waals surface area contributed by atoms with E-state index in [1.807, 2.05) is 15.8 Å². The maximum atomic E-state index is 11.9. The van der Waals surface area contributed by atoms with Crippen molar-refractivity contribution >= 4 is 5.91 Å². The predicted octanol–water partition coefficient (Wildman–Crippen LogP) is 0.665. The topological polar surface area (TPSA) is 59.4 Å². The van der Waals surface area contributed by atoms with Crippen LogP contribution in [0.1, 0.15) is 26.3 Å². The molecule has 0 bridgehead atoms. The van der Waals surface area contributed by atoms with Crippen molar-refractivity contribution in [2.24, 2.45) is 0 Å². The molecule has 0 saturated carbocycles. The van der Waals surface area contributed by atoms with E-state index in [9.17, 15) is 4.79 Å². The molecule has 1 aliphatic rings. The highest BCUT2D eigenvalue weighted by Gasteiger charge is 2.15. The molecule has 0 unspecified atom stereocenters. The summed E-state index contributed by atoms with van der Waals surface area (Å²) in [5.74, 6) is 0.888. The molecule has 2 heterocycles. The molecular formula is C13H22N4O2. The maximum absolute atomic E-state index is 11.9. The van der Waals surface area contributed by atoms with Gasteiger partial charge in [-0.25, -0.2) is 0 Å². The number of carbonyl (C=O) groups excluding carboxylic acids is 1. The second kappa shape index (κ2) is 6.56. The quantitative estimate of drug-likeness (QED) is 0.851. The number of hydrogen-bond acceptors (Lipinski definition) is 4. The first kappa shape index (κ1) is 13.9. The van der Waals surface area contributed by atoms with E-state index in [4.69, 9.17) is 4.74 Å². The van der Waals surface area contributed by atoms with E-state index in [2.05, 4.69) is 24.3 Å². The fraction of sp³-hybridized carbons (Fsp3) is 0.692. The molecule has 1 aromatic heterocycles. The molecule has 6 nitrogen and oxygen atoms in total. The molecule has 0 atom stereocenters. The number of carbonyl (C=O) groups is 1. The minimum Gasteiger partial charge on any atom is -0.490 e. The Bertz CT molecular complexity index is 411. The molecule has 0 radical (unpaired) electrons. The molecule has 1 aliphatic heterocycles. The van der Waals surface area contributed by atoms with E-state index in [0.29, 0.717) is 19.1 Å². The summed E-state index contributed by atoms with van der Waals surface area (Å²) in [5, 5.41) is 7.42. The van der Waals surface area contributed by atoms with Gasteiger partial charge in [-0.1, -0.05) is 0 Å². The van der Waals surface area contributed by atoms with Crippen LogP contribution in [0.4, 0.5) is 0 Å². The summed E-state index contributed by atoms with van der Waals surface area (Å²) in [6, 6.07) is 0.319. The van der Waals surface area contributed by atoms with Crippen LogP contribution in [0.5, 0.6) is 5.75 Å². The number of hydrogen-bond donors (Lipinski definition) is 1. The maximum Gasteiger partial charge on any atom is 0.226 e. The third kappa shape index (κ3) is 3.96. The van der Waals surface area contributed by atoms with E-state index in [0.717, 1.165) is 31.9 Å². The first-order valence-corrected chi connectivity index (χ1v) is 6.82. The van der Waals surface area contributed by atoms with Crippen LogP contribution in [0.15, 0.2) is 12.4 Å². The average Bonchev–Trinajstić information content (AvgIpc) is 2.89. The smallest absolute Gasteiger partial charge is 0.226 e. The van der Waals surface area contributed by atoms with Gasteiger partial charge in [-0.2, -0.15) is 5.10 Å². The normalized spacial score (nSPS) is 15.8. The Kier molecular flexibility index (Phi) is 4.79. The number of amides is 1. The highest BCUT2D eigenvalue weighted by Crippen LogP contribution is 2.12. The van der Waals surface area contributed by atoms with E-state index in [-0.39, 0.29) is 5.91 Å². The summed E-state index contributed by atoms with van der Waals surface area (Å²) < 4.78 is 7.39. The van der Waals surface area contributed by atoms with E-state index in [1.54, 1.807) is 6.20 Å². The van der Waals surface area contributed by atoms with Gasteiger partial charge in [-0.15, -0.1) is 0 Å². The van der Waals surface area contributed by atoms with Gasteiger partial charge in [0.1, 0.15) is 0 Å². The Morgan fingerprint density at radius 3 is 2.84 bits per heavy atom. The van der Waals surface area contributed by atoms with Gasteiger partial charge < -0.3 is 15.0 Å². The van der Waals surface area contributed by atoms with Crippen molar-refractivity contribution in [1.29, 1.82) is 0 Å². The highest BCUT2D eigenvalue weighted by atomic mass is 16.5. The summed E-state index contributed by atoms with van der Waals surface area (Å²) in [6.07, 6.45) is 3.97. The Morgan fingerprint density at radius 2 is 2.21 bits per heavy atom. The van der Waals surface area contributed by atoms with Crippen LogP contribution in [-0.4, -0.2) is 53.4 Å². The average molecular weight is 266 g/mol. The molecule has 0 aliphatic carbocycles. The lowest BCUT2D eigenvalue weighted by Gasteiger charge is -2.27. The predicted molar refractivity (Wildman–Crippen MR) is 72.2 cm³/mol. The molecule has 1 amide bonds. The third-order valence-electron chi connectivity index (χ3n) is 3.16. The summed E-state index contributed by atoms with van der Waals surface area (Å²) >= 11 is 0. The minimum atomic E-state index is 0.165. The molecule has 106 valence electrons. The van der Waals surface area contributed by atoms with Crippen molar-refractivity contribution in [2.45, 2.75) is 26.3 Å². The minimum absolute atomic E-state index is 0.165. The monoisotopic (exact) mass is 266 g/mol. The van der Waals surface area contributed by atoms with Crippen LogP contribution in [-0.2, 0) is 4.79 Å². The fourth-order valence-corrected chi connectivity index (χ4v) is 2.01. The van der Waals surface area contributed by atoms with Crippen molar-refractivity contribution in [3.63, 3.8) is 0 Å². The largest absolute Gasteiger partial charge is 0.490 e. The van der Waals surface area contributed by atoms with Crippen LogP contribution < -0.4 is 10.1 Å². The molecule has 1 fully saturated rings. The molecular weight excluding hydrogens is 244 g/mol. The Labute approximate surface area is 113 Å². The second-order valence-electron chi connectivity index (χ2n) is 4.98. The van der Waals surface area contributed by atoms with Crippen molar-refractivity contribution in [3.05, 3.63) is 12.4 Å². The fourth-order valence-electron chi connectivity index (χ4n) is 2.01. The molecule has 1 N–H and O–H groups in total. The van der Waals surface area contributed by atoms with E-state index < -0.39 is 0 Å². The Hall–Kier alpha value is -1.56. The lowest BCUT2D eigenvalue weighted by molar-refractivity contribution is -0.132. The lowest BCUT2D eigenvalue weighted by Crippen LogP contribution is -2.46. The summed E-state index contributed by atoms with van der Waals surface area (Å²) in [6.45, 7) is 7.89. The first-order chi connectivity index (χ1) is 9.16. The van der Waals surface area contributed by atoms with Gasteiger partial charge in [0.2, 0.25) is 5.91 Å². The van der Waals surface area contributed by atoms with Crippen molar-refractivity contribution in [2.75, 3.05) is 32.8 Å². The molecule has 19 heavy (non-hydrogen) atoms. The van der Waals surface area contributed by atoms with Gasteiger partial charge in [0.15, 0.2) is 5.75 Å². The van der Waals surface area contributed by atoms with Gasteiger partial charge in [0, 0.05) is 32.2 Å². The van der Waals surface area contributed by atoms with Gasteiger partial charge in [0.05, 0.1) is 25.4 Å². The number of rotatable bonds is 5. The summed E-state index contributed by atoms with van der Waals surface area (Å²) in [4.78, 5) is 13.8. The number of aromatic nitrogens is 2. The van der Waals surface area contributed by atoms with Crippen molar-refractivity contribution < 1.29 is 9.53 Å². The molecule has 0 spiro atoms. The van der Waals surface area contributed by atoms with E-state index in [1.165, 1.54) is 0 Å². The number of nitrogens with zero attached hydrogens (tertiary/aromatic N) is 3. The van der Waals surface area contributed by atoms with Crippen molar-refractivity contribution in [3.8, 4) is 5.75 Å². The Morgan fingerprint density at radius 1 is 1.47 bits per heavy atom. The molecule has 1 saturated heterocycles. The molecule has 0 aromatic carbocycles. The van der Waals surface area contributed by atoms with Crippen molar-refractivity contribution in [1.82, 2.24) is 20.0 Å². The molecule has 1 aromatic rings. The van der Waals surface area contributed by atoms with Crippen LogP contribution in [0.2, 0.25) is 0 Å². The third-order valence-corrected chi connectivity index (χ3v) is 3.16. The van der Waals surface area contributed by atoms with Crippen LogP contribution >= 0.6 is 0 Å². The summed E-state index contributed by atoms with van der Waals surface area (Å²) in [5.41, 5.74) is 0. The van der Waals surface area contributed by atoms with E-state index >= 15 is 0 Å². The lowest BCUT2D eigenvalue weighted by atomic mass is 10.3. The van der Waals surface area contributed by atoms with Crippen LogP contribution in [0, 0.1) is 0 Å². The highest BCUT2D eigenvalue weighted by molar-refractivity contribution is 5.76. The zero-order valence-electron chi connectivity index (χ0n) is 11.6. The second-order valence-corrected chi connectivity index (χ2v) is 4.98. The zero-order valence-corrected chi connectivity index (χ0v) is 11.6. The first-order valence-electron chi connectivity index (χ1n) is 6.82. The summed E-state index contributed by atoms with van der Waals surface area (Å²) in [7, 11) is 0.